The third-order valence-corrected chi connectivity index (χ3v) is 10.4. The van der Waals surface area contributed by atoms with Gasteiger partial charge in [0, 0.05) is 35.0 Å². The maximum atomic E-state index is 13.9. The maximum absolute atomic E-state index is 13.9. The Bertz CT molecular complexity index is 1790. The van der Waals surface area contributed by atoms with Crippen LogP contribution in [0.2, 0.25) is 10.0 Å². The van der Waals surface area contributed by atoms with Crippen LogP contribution in [0.3, 0.4) is 0 Å². The zero-order chi connectivity index (χ0) is 31.6. The minimum atomic E-state index is -4.16. The van der Waals surface area contributed by atoms with Crippen molar-refractivity contribution in [3.63, 3.8) is 0 Å². The number of nitrogens with one attached hydrogen (secondary N) is 2. The highest BCUT2D eigenvalue weighted by atomic mass is 35.5. The fourth-order valence-electron chi connectivity index (χ4n) is 4.88. The van der Waals surface area contributed by atoms with E-state index in [9.17, 15) is 22.0 Å². The molecule has 5 rings (SSSR count). The lowest BCUT2D eigenvalue weighted by Gasteiger charge is -2.27. The number of hydrogen-bond donors (Lipinski definition) is 2. The van der Waals surface area contributed by atoms with Gasteiger partial charge in [0.05, 0.1) is 21.8 Å². The summed E-state index contributed by atoms with van der Waals surface area (Å²) in [6.07, 6.45) is 3.56. The van der Waals surface area contributed by atoms with Crippen molar-refractivity contribution in [2.75, 3.05) is 13.1 Å². The summed E-state index contributed by atoms with van der Waals surface area (Å²) < 4.78 is 57.3. The first-order valence-corrected chi connectivity index (χ1v) is 16.9. The largest absolute Gasteiger partial charge is 0.343 e. The summed E-state index contributed by atoms with van der Waals surface area (Å²) in [7, 11) is -4.16. The molecule has 1 saturated heterocycles. The van der Waals surface area contributed by atoms with Crippen LogP contribution in [0.1, 0.15) is 43.5 Å². The predicted octanol–water partition coefficient (Wildman–Crippen LogP) is 7.07. The highest BCUT2D eigenvalue weighted by molar-refractivity contribution is 7.98. The van der Waals surface area contributed by atoms with Gasteiger partial charge in [0.1, 0.15) is 11.6 Å². The van der Waals surface area contributed by atoms with Gasteiger partial charge >= 0.3 is 6.03 Å². The average molecular weight is 681 g/mol. The Morgan fingerprint density at radius 1 is 1.00 bits per heavy atom. The standard InChI is InChI=1S/C30H29Cl2F2N5O3S2/c1-30(2,20-6-12-26(34)25(32)15-20)27-17-35-29(39(27)22-9-7-21(33)8-10-22)43-18-19-5-11-23(16-24(19)31)44(41,42)37-28(40)36-38-13-3-4-14-38/h5-12,15-17H,3-4,13-14,18H2,1-2H3,(H2,36,37,40). The zero-order valence-corrected chi connectivity index (χ0v) is 26.9. The molecule has 0 bridgehead atoms. The Labute approximate surface area is 268 Å². The SMILES string of the molecule is CC(C)(c1ccc(F)c(Cl)c1)c1cnc(SCc2ccc(S(=O)(=O)NC(=O)NN3CCCC3)cc2Cl)n1-c1ccc(F)cc1. The summed E-state index contributed by atoms with van der Waals surface area (Å²) >= 11 is 14.0. The van der Waals surface area contributed by atoms with Crippen molar-refractivity contribution in [2.45, 2.75) is 47.9 Å². The van der Waals surface area contributed by atoms with E-state index in [1.807, 2.05) is 23.1 Å². The summed E-state index contributed by atoms with van der Waals surface area (Å²) in [6, 6.07) is 14.0. The number of carbonyl (C=O) groups is 1. The minimum absolute atomic E-state index is 0.000504. The Morgan fingerprint density at radius 2 is 1.70 bits per heavy atom. The van der Waals surface area contributed by atoms with Crippen molar-refractivity contribution in [1.29, 1.82) is 0 Å². The Balaban J connectivity index is 1.39. The number of amides is 2. The number of sulfonamides is 1. The molecule has 1 aromatic heterocycles. The number of imidazole rings is 1. The molecule has 1 aliphatic heterocycles. The number of thioether (sulfide) groups is 1. The van der Waals surface area contributed by atoms with Crippen LogP contribution in [0.25, 0.3) is 5.69 Å². The topological polar surface area (TPSA) is 96.3 Å². The van der Waals surface area contributed by atoms with Crippen LogP contribution in [0, 0.1) is 11.6 Å². The number of urea groups is 1. The lowest BCUT2D eigenvalue weighted by molar-refractivity contribution is 0.202. The third kappa shape index (κ3) is 7.05. The molecule has 2 heterocycles. The van der Waals surface area contributed by atoms with Gasteiger partial charge in [-0.05, 0) is 72.5 Å². The van der Waals surface area contributed by atoms with Gasteiger partial charge in [-0.3, -0.25) is 9.99 Å². The van der Waals surface area contributed by atoms with E-state index in [1.165, 1.54) is 42.1 Å². The van der Waals surface area contributed by atoms with Crippen molar-refractivity contribution < 1.29 is 22.0 Å². The van der Waals surface area contributed by atoms with E-state index in [2.05, 4.69) is 10.4 Å². The molecule has 14 heteroatoms. The Hall–Kier alpha value is -3.16. The van der Waals surface area contributed by atoms with Gasteiger partial charge in [0.15, 0.2) is 5.16 Å². The van der Waals surface area contributed by atoms with Crippen LogP contribution in [-0.4, -0.2) is 42.1 Å². The molecule has 3 aromatic carbocycles. The summed E-state index contributed by atoms with van der Waals surface area (Å²) in [4.78, 5) is 16.7. The fraction of sp³-hybridized carbons (Fsp3) is 0.267. The molecule has 0 atom stereocenters. The molecule has 0 saturated carbocycles. The summed E-state index contributed by atoms with van der Waals surface area (Å²) in [5.74, 6) is -0.590. The van der Waals surface area contributed by atoms with E-state index < -0.39 is 27.3 Å². The number of rotatable bonds is 9. The van der Waals surface area contributed by atoms with E-state index in [1.54, 1.807) is 41.5 Å². The van der Waals surface area contributed by atoms with Crippen LogP contribution in [0.4, 0.5) is 13.6 Å². The van der Waals surface area contributed by atoms with Crippen LogP contribution >= 0.6 is 35.0 Å². The van der Waals surface area contributed by atoms with E-state index in [0.717, 1.165) is 24.1 Å². The molecule has 0 radical (unpaired) electrons. The molecule has 8 nitrogen and oxygen atoms in total. The van der Waals surface area contributed by atoms with E-state index in [4.69, 9.17) is 23.2 Å². The fourth-order valence-corrected chi connectivity index (χ4v) is 7.38. The molecule has 2 amide bonds. The van der Waals surface area contributed by atoms with Gasteiger partial charge in [0.25, 0.3) is 10.0 Å². The van der Waals surface area contributed by atoms with E-state index in [0.29, 0.717) is 35.2 Å². The van der Waals surface area contributed by atoms with Crippen molar-refractivity contribution in [1.82, 2.24) is 24.7 Å². The first kappa shape index (κ1) is 32.2. The van der Waals surface area contributed by atoms with Crippen molar-refractivity contribution >= 4 is 51.0 Å². The second-order valence-electron chi connectivity index (χ2n) is 10.8. The van der Waals surface area contributed by atoms with Gasteiger partial charge in [-0.25, -0.2) is 36.7 Å². The van der Waals surface area contributed by atoms with Gasteiger partial charge in [0.2, 0.25) is 0 Å². The predicted molar refractivity (Wildman–Crippen MR) is 168 cm³/mol. The van der Waals surface area contributed by atoms with Gasteiger partial charge < -0.3 is 0 Å². The number of hydrogen-bond acceptors (Lipinski definition) is 6. The van der Waals surface area contributed by atoms with Crippen LogP contribution < -0.4 is 10.1 Å². The number of nitrogens with zero attached hydrogens (tertiary/aromatic N) is 3. The summed E-state index contributed by atoms with van der Waals surface area (Å²) in [5.41, 5.74) is 4.65. The second kappa shape index (κ2) is 13.1. The number of halogens is 4. The van der Waals surface area contributed by atoms with Crippen molar-refractivity contribution in [3.05, 3.63) is 105 Å². The van der Waals surface area contributed by atoms with Crippen molar-refractivity contribution in [2.24, 2.45) is 0 Å². The molecule has 2 N–H and O–H groups in total. The lowest BCUT2D eigenvalue weighted by atomic mass is 9.81. The van der Waals surface area contributed by atoms with Gasteiger partial charge in [-0.1, -0.05) is 60.9 Å². The molecule has 0 unspecified atom stereocenters. The molecule has 4 aromatic rings. The second-order valence-corrected chi connectivity index (χ2v) is 14.2. The highest BCUT2D eigenvalue weighted by Gasteiger charge is 2.30. The molecular formula is C30H29Cl2F2N5O3S2. The molecule has 0 aliphatic carbocycles. The molecule has 0 spiro atoms. The number of aromatic nitrogens is 2. The molecule has 44 heavy (non-hydrogen) atoms. The monoisotopic (exact) mass is 679 g/mol. The number of carbonyl (C=O) groups excluding carboxylic acids is 1. The molecule has 1 fully saturated rings. The molecule has 232 valence electrons. The quantitative estimate of drug-likeness (QED) is 0.184. The third-order valence-electron chi connectivity index (χ3n) is 7.38. The van der Waals surface area contributed by atoms with Crippen LogP contribution in [0.5, 0.6) is 0 Å². The zero-order valence-electron chi connectivity index (χ0n) is 23.8. The van der Waals surface area contributed by atoms with Gasteiger partial charge in [-0.2, -0.15) is 0 Å². The average Bonchev–Trinajstić information content (AvgIpc) is 3.64. The summed E-state index contributed by atoms with van der Waals surface area (Å²) in [5, 5.41) is 2.43. The normalized spacial score (nSPS) is 14.1. The first-order valence-electron chi connectivity index (χ1n) is 13.6. The van der Waals surface area contributed by atoms with E-state index in [-0.39, 0.29) is 20.8 Å². The Morgan fingerprint density at radius 3 is 2.36 bits per heavy atom. The number of hydrazine groups is 1. The van der Waals surface area contributed by atoms with E-state index >= 15 is 0 Å². The summed E-state index contributed by atoms with van der Waals surface area (Å²) in [6.45, 7) is 5.23. The van der Waals surface area contributed by atoms with Crippen molar-refractivity contribution in [3.8, 4) is 5.69 Å². The van der Waals surface area contributed by atoms with Crippen LogP contribution in [0.15, 0.2) is 76.9 Å². The molecule has 1 aliphatic rings. The smallest absolute Gasteiger partial charge is 0.291 e. The van der Waals surface area contributed by atoms with Gasteiger partial charge in [-0.15, -0.1) is 0 Å². The van der Waals surface area contributed by atoms with Crippen LogP contribution in [-0.2, 0) is 21.2 Å². The Kier molecular flexibility index (Phi) is 9.57. The minimum Gasteiger partial charge on any atom is -0.291 e. The first-order chi connectivity index (χ1) is 20.8. The lowest BCUT2D eigenvalue weighted by Crippen LogP contribution is -2.47. The maximum Gasteiger partial charge on any atom is 0.343 e. The number of benzene rings is 3. The molecular weight excluding hydrogens is 651 g/mol. The highest BCUT2D eigenvalue weighted by Crippen LogP contribution is 2.38.